The van der Waals surface area contributed by atoms with Gasteiger partial charge in [0, 0.05) is 12.2 Å². The second kappa shape index (κ2) is 7.06. The van der Waals surface area contributed by atoms with Gasteiger partial charge in [0.1, 0.15) is 0 Å². The Morgan fingerprint density at radius 1 is 1.14 bits per heavy atom. The van der Waals surface area contributed by atoms with Gasteiger partial charge < -0.3 is 16.8 Å². The van der Waals surface area contributed by atoms with Crippen molar-refractivity contribution in [2.24, 2.45) is 17.4 Å². The monoisotopic (exact) mass is 299 g/mol. The van der Waals surface area contributed by atoms with Gasteiger partial charge in [-0.05, 0) is 35.8 Å². The van der Waals surface area contributed by atoms with Gasteiger partial charge in [-0.1, -0.05) is 26.0 Å². The highest BCUT2D eigenvalue weighted by Crippen LogP contribution is 2.29. The first-order chi connectivity index (χ1) is 9.70. The molecule has 6 heteroatoms. The van der Waals surface area contributed by atoms with E-state index in [1.54, 1.807) is 12.2 Å². The SMILES string of the molecule is CC(C)/C(N)=C/C=C(\N)NCc1ccc(C(F)(F)F)cc1. The Hall–Kier alpha value is -2.11. The Balaban J connectivity index is 2.59. The molecule has 1 aromatic carbocycles. The molecule has 5 N–H and O–H groups in total. The van der Waals surface area contributed by atoms with Gasteiger partial charge in [0.15, 0.2) is 0 Å². The summed E-state index contributed by atoms with van der Waals surface area (Å²) in [7, 11) is 0. The molecule has 0 unspecified atom stereocenters. The van der Waals surface area contributed by atoms with E-state index in [-0.39, 0.29) is 5.92 Å². The van der Waals surface area contributed by atoms with E-state index in [4.69, 9.17) is 11.5 Å². The average molecular weight is 299 g/mol. The summed E-state index contributed by atoms with van der Waals surface area (Å²) < 4.78 is 37.2. The van der Waals surface area contributed by atoms with Gasteiger partial charge in [-0.15, -0.1) is 0 Å². The molecule has 0 aliphatic rings. The van der Waals surface area contributed by atoms with E-state index >= 15 is 0 Å². The lowest BCUT2D eigenvalue weighted by atomic mass is 10.1. The summed E-state index contributed by atoms with van der Waals surface area (Å²) in [5, 5.41) is 2.91. The van der Waals surface area contributed by atoms with E-state index in [1.165, 1.54) is 12.1 Å². The lowest BCUT2D eigenvalue weighted by Gasteiger charge is -2.09. The smallest absolute Gasteiger partial charge is 0.402 e. The molecule has 3 nitrogen and oxygen atoms in total. The standard InChI is InChI=1S/C15H20F3N3/c1-10(2)13(19)7-8-14(20)21-9-11-3-5-12(6-4-11)15(16,17)18/h3-8,10,21H,9,19-20H2,1-2H3/b13-7-,14-8+. The number of halogens is 3. The maximum Gasteiger partial charge on any atom is 0.416 e. The minimum absolute atomic E-state index is 0.226. The van der Waals surface area contributed by atoms with E-state index in [0.717, 1.165) is 12.1 Å². The van der Waals surface area contributed by atoms with Gasteiger partial charge >= 0.3 is 6.18 Å². The van der Waals surface area contributed by atoms with Gasteiger partial charge in [-0.3, -0.25) is 0 Å². The number of hydrogen-bond donors (Lipinski definition) is 3. The van der Waals surface area contributed by atoms with E-state index in [9.17, 15) is 13.2 Å². The van der Waals surface area contributed by atoms with Crippen molar-refractivity contribution < 1.29 is 13.2 Å². The van der Waals surface area contributed by atoms with Crippen LogP contribution in [0.4, 0.5) is 13.2 Å². The van der Waals surface area contributed by atoms with Crippen LogP contribution >= 0.6 is 0 Å². The van der Waals surface area contributed by atoms with E-state index in [1.807, 2.05) is 13.8 Å². The third-order valence-corrected chi connectivity index (χ3v) is 2.90. The molecule has 0 saturated heterocycles. The molecule has 0 aromatic heterocycles. The summed E-state index contributed by atoms with van der Waals surface area (Å²) in [5.41, 5.74) is 12.2. The minimum Gasteiger partial charge on any atom is -0.402 e. The fraction of sp³-hybridized carbons (Fsp3) is 0.333. The summed E-state index contributed by atoms with van der Waals surface area (Å²) in [4.78, 5) is 0. The number of nitrogens with two attached hydrogens (primary N) is 2. The number of allylic oxidation sites excluding steroid dienone is 3. The maximum absolute atomic E-state index is 12.4. The van der Waals surface area contributed by atoms with Crippen molar-refractivity contribution in [2.45, 2.75) is 26.6 Å². The summed E-state index contributed by atoms with van der Waals surface area (Å²) in [6, 6.07) is 4.93. The number of benzene rings is 1. The Labute approximate surface area is 122 Å². The van der Waals surface area contributed by atoms with Crippen molar-refractivity contribution in [3.05, 3.63) is 59.1 Å². The molecule has 0 fully saturated rings. The van der Waals surface area contributed by atoms with E-state index < -0.39 is 11.7 Å². The van der Waals surface area contributed by atoms with Crippen LogP contribution in [0.3, 0.4) is 0 Å². The molecule has 0 bridgehead atoms. The number of alkyl halides is 3. The van der Waals surface area contributed by atoms with Crippen LogP contribution in [0, 0.1) is 5.92 Å². The molecule has 21 heavy (non-hydrogen) atoms. The molecule has 0 atom stereocenters. The van der Waals surface area contributed by atoms with Gasteiger partial charge in [0.25, 0.3) is 0 Å². The number of rotatable bonds is 5. The summed E-state index contributed by atoms with van der Waals surface area (Å²) >= 11 is 0. The molecular weight excluding hydrogens is 279 g/mol. The first-order valence-corrected chi connectivity index (χ1v) is 6.53. The van der Waals surface area contributed by atoms with Crippen LogP contribution in [0.5, 0.6) is 0 Å². The molecule has 0 aliphatic carbocycles. The highest BCUT2D eigenvalue weighted by Gasteiger charge is 2.29. The first-order valence-electron chi connectivity index (χ1n) is 6.53. The molecule has 0 heterocycles. The quantitative estimate of drug-likeness (QED) is 0.732. The molecule has 1 aromatic rings. The molecule has 0 radical (unpaired) electrons. The van der Waals surface area contributed by atoms with Crippen molar-refractivity contribution in [3.8, 4) is 0 Å². The summed E-state index contributed by atoms with van der Waals surface area (Å²) in [6.45, 7) is 4.27. The molecule has 1 rings (SSSR count). The Morgan fingerprint density at radius 3 is 2.19 bits per heavy atom. The molecule has 0 saturated carbocycles. The van der Waals surface area contributed by atoms with Crippen molar-refractivity contribution >= 4 is 0 Å². The zero-order chi connectivity index (χ0) is 16.0. The predicted octanol–water partition coefficient (Wildman–Crippen LogP) is 3.09. The van der Waals surface area contributed by atoms with Gasteiger partial charge in [-0.2, -0.15) is 13.2 Å². The lowest BCUT2D eigenvalue weighted by molar-refractivity contribution is -0.137. The average Bonchev–Trinajstić information content (AvgIpc) is 2.41. The van der Waals surface area contributed by atoms with Crippen LogP contribution in [0.1, 0.15) is 25.0 Å². The summed E-state index contributed by atoms with van der Waals surface area (Å²) in [6.07, 6.45) is -0.969. The Morgan fingerprint density at radius 2 is 1.71 bits per heavy atom. The van der Waals surface area contributed by atoms with E-state index in [2.05, 4.69) is 5.32 Å². The summed E-state index contributed by atoms with van der Waals surface area (Å²) in [5.74, 6) is 0.627. The van der Waals surface area contributed by atoms with Crippen molar-refractivity contribution in [3.63, 3.8) is 0 Å². The molecule has 116 valence electrons. The van der Waals surface area contributed by atoms with Crippen LogP contribution in [0.15, 0.2) is 47.9 Å². The third kappa shape index (κ3) is 5.81. The predicted molar refractivity (Wildman–Crippen MR) is 77.7 cm³/mol. The van der Waals surface area contributed by atoms with Crippen LogP contribution in [0.25, 0.3) is 0 Å². The maximum atomic E-state index is 12.4. The van der Waals surface area contributed by atoms with Crippen LogP contribution in [-0.2, 0) is 12.7 Å². The fourth-order valence-corrected chi connectivity index (χ4v) is 1.45. The second-order valence-corrected chi connectivity index (χ2v) is 4.99. The molecule has 0 amide bonds. The van der Waals surface area contributed by atoms with Crippen molar-refractivity contribution in [2.75, 3.05) is 0 Å². The van der Waals surface area contributed by atoms with Crippen molar-refractivity contribution in [1.29, 1.82) is 0 Å². The highest BCUT2D eigenvalue weighted by molar-refractivity contribution is 5.25. The number of hydrogen-bond acceptors (Lipinski definition) is 3. The Bertz CT molecular complexity index is 514. The normalized spacial score (nSPS) is 13.6. The Kier molecular flexibility index (Phi) is 5.69. The molecule has 0 aliphatic heterocycles. The lowest BCUT2D eigenvalue weighted by Crippen LogP contribution is -2.19. The minimum atomic E-state index is -4.32. The van der Waals surface area contributed by atoms with E-state index in [0.29, 0.717) is 23.6 Å². The van der Waals surface area contributed by atoms with Crippen molar-refractivity contribution in [1.82, 2.24) is 5.32 Å². The van der Waals surface area contributed by atoms with Crippen LogP contribution < -0.4 is 16.8 Å². The highest BCUT2D eigenvalue weighted by atomic mass is 19.4. The van der Waals surface area contributed by atoms with Gasteiger partial charge in [-0.25, -0.2) is 0 Å². The zero-order valence-electron chi connectivity index (χ0n) is 12.0. The van der Waals surface area contributed by atoms with Gasteiger partial charge in [0.05, 0.1) is 11.4 Å². The molecular formula is C15H20F3N3. The number of nitrogens with one attached hydrogen (secondary N) is 1. The topological polar surface area (TPSA) is 64.1 Å². The van der Waals surface area contributed by atoms with Gasteiger partial charge in [0.2, 0.25) is 0 Å². The zero-order valence-corrected chi connectivity index (χ0v) is 12.0. The van der Waals surface area contributed by atoms with Crippen LogP contribution in [-0.4, -0.2) is 0 Å². The largest absolute Gasteiger partial charge is 0.416 e. The second-order valence-electron chi connectivity index (χ2n) is 4.99. The first kappa shape index (κ1) is 16.9. The third-order valence-electron chi connectivity index (χ3n) is 2.90. The fourth-order valence-electron chi connectivity index (χ4n) is 1.45. The van der Waals surface area contributed by atoms with Crippen LogP contribution in [0.2, 0.25) is 0 Å². The molecule has 0 spiro atoms.